The lowest BCUT2D eigenvalue weighted by atomic mass is 9.74. The summed E-state index contributed by atoms with van der Waals surface area (Å²) in [4.78, 5) is 27.7. The van der Waals surface area contributed by atoms with Crippen LogP contribution >= 0.6 is 0 Å². The van der Waals surface area contributed by atoms with Crippen LogP contribution < -0.4 is 5.32 Å². The average Bonchev–Trinajstić information content (AvgIpc) is 2.87. The minimum atomic E-state index is -0.910. The van der Waals surface area contributed by atoms with Crippen molar-refractivity contribution >= 4 is 11.9 Å². The number of aryl methyl sites for hydroxylation is 1. The number of carboxylic acids is 1. The number of nitrogens with one attached hydrogen (secondary N) is 1. The zero-order valence-electron chi connectivity index (χ0n) is 12.8. The molecule has 0 aliphatic heterocycles. The number of rotatable bonds is 5. The highest BCUT2D eigenvalue weighted by molar-refractivity contribution is 5.94. The van der Waals surface area contributed by atoms with Crippen LogP contribution in [0.2, 0.25) is 0 Å². The van der Waals surface area contributed by atoms with Crippen LogP contribution in [0.15, 0.2) is 34.7 Å². The Morgan fingerprint density at radius 1 is 1.30 bits per heavy atom. The van der Waals surface area contributed by atoms with Crippen molar-refractivity contribution in [3.05, 3.63) is 41.8 Å². The maximum absolute atomic E-state index is 12.5. The van der Waals surface area contributed by atoms with Crippen molar-refractivity contribution in [3.63, 3.8) is 0 Å². The largest absolute Gasteiger partial charge is 0.481 e. The number of carbonyl (C=O) groups is 2. The van der Waals surface area contributed by atoms with Gasteiger partial charge >= 0.3 is 5.97 Å². The first-order chi connectivity index (χ1) is 11.0. The molecule has 1 aliphatic rings. The zero-order valence-corrected chi connectivity index (χ0v) is 12.8. The first kappa shape index (κ1) is 15.3. The molecule has 0 spiro atoms. The van der Waals surface area contributed by atoms with Gasteiger partial charge in [0.1, 0.15) is 5.76 Å². The van der Waals surface area contributed by atoms with Crippen molar-refractivity contribution in [2.75, 3.05) is 0 Å². The second-order valence-corrected chi connectivity index (χ2v) is 5.95. The quantitative estimate of drug-likeness (QED) is 0.885. The van der Waals surface area contributed by atoms with Crippen molar-refractivity contribution in [1.82, 2.24) is 10.3 Å². The van der Waals surface area contributed by atoms with E-state index in [0.717, 1.165) is 12.0 Å². The number of amides is 1. The van der Waals surface area contributed by atoms with Crippen LogP contribution in [0.4, 0.5) is 0 Å². The van der Waals surface area contributed by atoms with Gasteiger partial charge in [-0.1, -0.05) is 18.2 Å². The van der Waals surface area contributed by atoms with E-state index < -0.39 is 11.5 Å². The lowest BCUT2D eigenvalue weighted by molar-refractivity contribution is -0.139. The van der Waals surface area contributed by atoms with E-state index in [-0.39, 0.29) is 18.0 Å². The molecule has 0 unspecified atom stereocenters. The van der Waals surface area contributed by atoms with Crippen molar-refractivity contribution < 1.29 is 19.1 Å². The summed E-state index contributed by atoms with van der Waals surface area (Å²) in [6.45, 7) is 1.68. The number of hydrogen-bond acceptors (Lipinski definition) is 4. The van der Waals surface area contributed by atoms with Crippen LogP contribution in [0.1, 0.15) is 41.9 Å². The van der Waals surface area contributed by atoms with Crippen molar-refractivity contribution in [2.45, 2.75) is 38.1 Å². The lowest BCUT2D eigenvalue weighted by Crippen LogP contribution is -2.54. The van der Waals surface area contributed by atoms with E-state index in [4.69, 9.17) is 9.52 Å². The molecule has 1 saturated carbocycles. The molecule has 3 rings (SSSR count). The highest BCUT2D eigenvalue weighted by atomic mass is 16.4. The summed E-state index contributed by atoms with van der Waals surface area (Å²) < 4.78 is 5.58. The number of aromatic nitrogens is 1. The molecule has 2 N–H and O–H groups in total. The second kappa shape index (κ2) is 5.87. The van der Waals surface area contributed by atoms with Crippen LogP contribution in [-0.4, -0.2) is 27.5 Å². The molecule has 120 valence electrons. The smallest absolute Gasteiger partial charge is 0.305 e. The minimum absolute atomic E-state index is 0.0683. The molecular weight excluding hydrogens is 296 g/mol. The van der Waals surface area contributed by atoms with E-state index in [1.165, 1.54) is 0 Å². The summed E-state index contributed by atoms with van der Waals surface area (Å²) >= 11 is 0. The minimum Gasteiger partial charge on any atom is -0.481 e. The van der Waals surface area contributed by atoms with Crippen molar-refractivity contribution in [1.29, 1.82) is 0 Å². The Balaban J connectivity index is 1.80. The molecule has 1 heterocycles. The molecule has 0 atom stereocenters. The molecule has 1 aliphatic carbocycles. The molecule has 23 heavy (non-hydrogen) atoms. The van der Waals surface area contributed by atoms with E-state index in [1.807, 2.05) is 30.3 Å². The third-order valence-corrected chi connectivity index (χ3v) is 4.21. The SMILES string of the molecule is Cc1oc(-c2ccccc2)nc1C(=O)NC1(CC(=O)O)CCC1. The highest BCUT2D eigenvalue weighted by Crippen LogP contribution is 2.35. The Kier molecular flexibility index (Phi) is 3.90. The van der Waals surface area contributed by atoms with E-state index in [9.17, 15) is 9.59 Å². The Bertz CT molecular complexity index is 732. The Hall–Kier alpha value is -2.63. The van der Waals surface area contributed by atoms with E-state index in [1.54, 1.807) is 6.92 Å². The van der Waals surface area contributed by atoms with Gasteiger partial charge < -0.3 is 14.8 Å². The first-order valence-electron chi connectivity index (χ1n) is 7.56. The third-order valence-electron chi connectivity index (χ3n) is 4.21. The fourth-order valence-electron chi connectivity index (χ4n) is 2.85. The summed E-state index contributed by atoms with van der Waals surface area (Å²) in [5.41, 5.74) is 0.348. The van der Waals surface area contributed by atoms with Gasteiger partial charge in [-0.3, -0.25) is 9.59 Å². The number of carboxylic acid groups (broad SMARTS) is 1. The summed E-state index contributed by atoms with van der Waals surface area (Å²) in [6.07, 6.45) is 2.20. The second-order valence-electron chi connectivity index (χ2n) is 5.95. The monoisotopic (exact) mass is 314 g/mol. The topological polar surface area (TPSA) is 92.4 Å². The predicted molar refractivity (Wildman–Crippen MR) is 83.0 cm³/mol. The summed E-state index contributed by atoms with van der Waals surface area (Å²) in [7, 11) is 0. The van der Waals surface area contributed by atoms with E-state index in [0.29, 0.717) is 24.5 Å². The molecule has 0 radical (unpaired) electrons. The number of hydrogen-bond donors (Lipinski definition) is 2. The fraction of sp³-hybridized carbons (Fsp3) is 0.353. The van der Waals surface area contributed by atoms with Crippen molar-refractivity contribution in [3.8, 4) is 11.5 Å². The van der Waals surface area contributed by atoms with Gasteiger partial charge in [0.05, 0.1) is 12.0 Å². The zero-order chi connectivity index (χ0) is 16.4. The maximum atomic E-state index is 12.5. The molecule has 1 aromatic carbocycles. The molecule has 1 amide bonds. The van der Waals surface area contributed by atoms with Crippen LogP contribution in [-0.2, 0) is 4.79 Å². The number of oxazole rings is 1. The normalized spacial score (nSPS) is 15.7. The van der Waals surface area contributed by atoms with Gasteiger partial charge in [-0.15, -0.1) is 0 Å². The third kappa shape index (κ3) is 3.11. The van der Waals surface area contributed by atoms with Gasteiger partial charge in [-0.05, 0) is 38.3 Å². The molecule has 1 fully saturated rings. The molecular formula is C17H18N2O4. The molecule has 1 aromatic heterocycles. The molecule has 6 nitrogen and oxygen atoms in total. The van der Waals surface area contributed by atoms with Gasteiger partial charge in [-0.2, -0.15) is 0 Å². The predicted octanol–water partition coefficient (Wildman–Crippen LogP) is 2.78. The molecule has 0 bridgehead atoms. The fourth-order valence-corrected chi connectivity index (χ4v) is 2.85. The highest BCUT2D eigenvalue weighted by Gasteiger charge is 2.41. The number of benzene rings is 1. The number of nitrogens with zero attached hydrogens (tertiary/aromatic N) is 1. The first-order valence-corrected chi connectivity index (χ1v) is 7.56. The lowest BCUT2D eigenvalue weighted by Gasteiger charge is -2.41. The summed E-state index contributed by atoms with van der Waals surface area (Å²) in [5.74, 6) is -0.485. The van der Waals surface area contributed by atoms with Gasteiger partial charge in [0.15, 0.2) is 5.69 Å². The Morgan fingerprint density at radius 3 is 2.57 bits per heavy atom. The number of aliphatic carboxylic acids is 1. The van der Waals surface area contributed by atoms with E-state index >= 15 is 0 Å². The van der Waals surface area contributed by atoms with E-state index in [2.05, 4.69) is 10.3 Å². The molecule has 2 aromatic rings. The Labute approximate surface area is 133 Å². The average molecular weight is 314 g/mol. The maximum Gasteiger partial charge on any atom is 0.305 e. The van der Waals surface area contributed by atoms with Gasteiger partial charge in [0.25, 0.3) is 5.91 Å². The molecule has 0 saturated heterocycles. The summed E-state index contributed by atoms with van der Waals surface area (Å²) in [5, 5.41) is 11.9. The van der Waals surface area contributed by atoms with Gasteiger partial charge in [0.2, 0.25) is 5.89 Å². The summed E-state index contributed by atoms with van der Waals surface area (Å²) in [6, 6.07) is 9.32. The van der Waals surface area contributed by atoms with Crippen LogP contribution in [0.3, 0.4) is 0 Å². The van der Waals surface area contributed by atoms with Crippen LogP contribution in [0, 0.1) is 6.92 Å². The van der Waals surface area contributed by atoms with Crippen LogP contribution in [0.25, 0.3) is 11.5 Å². The molecule has 6 heteroatoms. The van der Waals surface area contributed by atoms with Crippen molar-refractivity contribution in [2.24, 2.45) is 0 Å². The number of carbonyl (C=O) groups excluding carboxylic acids is 1. The Morgan fingerprint density at radius 2 is 2.00 bits per heavy atom. The van der Waals surface area contributed by atoms with Gasteiger partial charge in [-0.25, -0.2) is 4.98 Å². The standard InChI is InChI=1S/C17H18N2O4/c1-11-14(18-16(23-11)12-6-3-2-4-7-12)15(22)19-17(8-5-9-17)10-13(20)21/h2-4,6-7H,5,8-10H2,1H3,(H,19,22)(H,20,21). The van der Waals surface area contributed by atoms with Gasteiger partial charge in [0, 0.05) is 5.56 Å². The van der Waals surface area contributed by atoms with Crippen LogP contribution in [0.5, 0.6) is 0 Å².